The Hall–Kier alpha value is -4.13. The number of ether oxygens (including phenoxy) is 2. The number of carbonyl (C=O) groups excluding carboxylic acids is 1. The van der Waals surface area contributed by atoms with E-state index in [0.717, 1.165) is 17.0 Å². The number of nitrogens with one attached hydrogen (secondary N) is 1. The van der Waals surface area contributed by atoms with Gasteiger partial charge < -0.3 is 20.2 Å². The van der Waals surface area contributed by atoms with Crippen molar-refractivity contribution < 1.29 is 14.3 Å². The molecule has 3 N–H and O–H groups in total. The zero-order valence-electron chi connectivity index (χ0n) is 15.3. The molecule has 0 spiro atoms. The summed E-state index contributed by atoms with van der Waals surface area (Å²) in [5.74, 6) is 1.38. The van der Waals surface area contributed by atoms with Crippen molar-refractivity contribution in [2.75, 3.05) is 6.79 Å². The molecule has 1 aliphatic heterocycles. The smallest absolute Gasteiger partial charge is 0.249 e. The topological polar surface area (TPSA) is 103 Å². The van der Waals surface area contributed by atoms with Crippen LogP contribution in [0.1, 0.15) is 10.4 Å². The largest absolute Gasteiger partial charge is 0.454 e. The van der Waals surface area contributed by atoms with Crippen molar-refractivity contribution in [3.05, 3.63) is 72.4 Å². The fourth-order valence-electron chi connectivity index (χ4n) is 3.35. The lowest BCUT2D eigenvalue weighted by Gasteiger charge is -2.03. The second-order valence-corrected chi connectivity index (χ2v) is 6.50. The van der Waals surface area contributed by atoms with E-state index in [0.29, 0.717) is 34.1 Å². The van der Waals surface area contributed by atoms with Gasteiger partial charge in [0.05, 0.1) is 22.6 Å². The molecular formula is C22H16N4O3. The molecule has 7 heteroatoms. The number of nitrogens with zero attached hydrogens (tertiary/aromatic N) is 2. The van der Waals surface area contributed by atoms with Crippen LogP contribution < -0.4 is 15.2 Å². The Balaban J connectivity index is 1.71. The maximum atomic E-state index is 11.9. The summed E-state index contributed by atoms with van der Waals surface area (Å²) in [5.41, 5.74) is 9.58. The van der Waals surface area contributed by atoms with Crippen LogP contribution >= 0.6 is 0 Å². The fourth-order valence-corrected chi connectivity index (χ4v) is 3.35. The van der Waals surface area contributed by atoms with E-state index in [4.69, 9.17) is 20.2 Å². The molecular weight excluding hydrogens is 368 g/mol. The van der Waals surface area contributed by atoms with Gasteiger partial charge in [-0.3, -0.25) is 9.78 Å². The first-order valence-corrected chi connectivity index (χ1v) is 9.01. The number of benzene rings is 2. The molecule has 2 aromatic heterocycles. The molecule has 3 heterocycles. The highest BCUT2D eigenvalue weighted by atomic mass is 16.7. The number of rotatable bonds is 4. The minimum absolute atomic E-state index is 0.198. The van der Waals surface area contributed by atoms with E-state index >= 15 is 0 Å². The Bertz CT molecular complexity index is 1220. The summed E-state index contributed by atoms with van der Waals surface area (Å²) >= 11 is 0. The van der Waals surface area contributed by atoms with Crippen LogP contribution in [0.5, 0.6) is 11.5 Å². The second kappa shape index (κ2) is 6.79. The summed E-state index contributed by atoms with van der Waals surface area (Å²) in [6.07, 6.45) is 1.72. The lowest BCUT2D eigenvalue weighted by atomic mass is 10.1. The van der Waals surface area contributed by atoms with Crippen LogP contribution in [0.4, 0.5) is 0 Å². The van der Waals surface area contributed by atoms with Gasteiger partial charge in [0.15, 0.2) is 11.5 Å². The summed E-state index contributed by atoms with van der Waals surface area (Å²) in [6.45, 7) is 0.198. The Labute approximate surface area is 166 Å². The standard InChI is InChI=1S/C22H16N4O3/c23-21(27)14-5-1-2-6-15(14)22-25-19(20(26-22)16-7-3-4-10-24-16)13-8-9-17-18(11-13)29-12-28-17/h1-11H,12H2,(H2,23,27)(H,25,26). The third kappa shape index (κ3) is 2.98. The molecule has 0 saturated heterocycles. The molecule has 7 nitrogen and oxygen atoms in total. The van der Waals surface area contributed by atoms with Gasteiger partial charge in [-0.2, -0.15) is 0 Å². The van der Waals surface area contributed by atoms with Crippen LogP contribution in [-0.4, -0.2) is 27.7 Å². The van der Waals surface area contributed by atoms with Gasteiger partial charge >= 0.3 is 0 Å². The molecule has 142 valence electrons. The van der Waals surface area contributed by atoms with E-state index in [2.05, 4.69) is 9.97 Å². The number of primary amides is 1. The lowest BCUT2D eigenvalue weighted by molar-refractivity contribution is 0.100. The molecule has 0 saturated carbocycles. The van der Waals surface area contributed by atoms with Crippen molar-refractivity contribution in [3.8, 4) is 45.5 Å². The molecule has 0 unspecified atom stereocenters. The Morgan fingerprint density at radius 2 is 1.83 bits per heavy atom. The average molecular weight is 384 g/mol. The van der Waals surface area contributed by atoms with Crippen LogP contribution in [0, 0.1) is 0 Å². The van der Waals surface area contributed by atoms with Crippen molar-refractivity contribution in [3.63, 3.8) is 0 Å². The molecule has 0 bridgehead atoms. The first-order chi connectivity index (χ1) is 14.2. The second-order valence-electron chi connectivity index (χ2n) is 6.50. The Morgan fingerprint density at radius 1 is 1.00 bits per heavy atom. The number of carbonyl (C=O) groups is 1. The van der Waals surface area contributed by atoms with Gasteiger partial charge in [-0.1, -0.05) is 24.3 Å². The zero-order valence-corrected chi connectivity index (χ0v) is 15.3. The van der Waals surface area contributed by atoms with Gasteiger partial charge in [0.1, 0.15) is 5.82 Å². The van der Waals surface area contributed by atoms with Crippen LogP contribution in [0.15, 0.2) is 66.9 Å². The molecule has 0 atom stereocenters. The first kappa shape index (κ1) is 17.0. The number of H-pyrrole nitrogens is 1. The summed E-state index contributed by atoms with van der Waals surface area (Å²) in [7, 11) is 0. The summed E-state index contributed by atoms with van der Waals surface area (Å²) in [4.78, 5) is 24.5. The van der Waals surface area contributed by atoms with Crippen molar-refractivity contribution in [2.24, 2.45) is 5.73 Å². The normalized spacial score (nSPS) is 12.1. The average Bonchev–Trinajstić information content (AvgIpc) is 3.41. The number of fused-ring (bicyclic) bond motifs is 1. The Morgan fingerprint density at radius 3 is 2.66 bits per heavy atom. The Kier molecular flexibility index (Phi) is 3.98. The van der Waals surface area contributed by atoms with Crippen molar-refractivity contribution in [2.45, 2.75) is 0 Å². The van der Waals surface area contributed by atoms with Crippen LogP contribution in [0.25, 0.3) is 34.0 Å². The molecule has 1 amide bonds. The monoisotopic (exact) mass is 384 g/mol. The van der Waals surface area contributed by atoms with Gasteiger partial charge in [0.2, 0.25) is 12.7 Å². The molecule has 4 aromatic rings. The van der Waals surface area contributed by atoms with E-state index < -0.39 is 5.91 Å². The van der Waals surface area contributed by atoms with E-state index in [1.165, 1.54) is 0 Å². The lowest BCUT2D eigenvalue weighted by Crippen LogP contribution is -2.12. The number of amides is 1. The van der Waals surface area contributed by atoms with Crippen LogP contribution in [-0.2, 0) is 0 Å². The van der Waals surface area contributed by atoms with Crippen LogP contribution in [0.2, 0.25) is 0 Å². The number of nitrogens with two attached hydrogens (primary N) is 1. The minimum Gasteiger partial charge on any atom is -0.454 e. The highest BCUT2D eigenvalue weighted by molar-refractivity contribution is 5.99. The van der Waals surface area contributed by atoms with E-state index in [1.807, 2.05) is 48.5 Å². The molecule has 5 rings (SSSR count). The highest BCUT2D eigenvalue weighted by Gasteiger charge is 2.21. The van der Waals surface area contributed by atoms with Gasteiger partial charge in [-0.25, -0.2) is 4.98 Å². The number of hydrogen-bond acceptors (Lipinski definition) is 5. The third-order valence-electron chi connectivity index (χ3n) is 4.72. The number of aromatic nitrogens is 3. The van der Waals surface area contributed by atoms with E-state index in [-0.39, 0.29) is 6.79 Å². The van der Waals surface area contributed by atoms with E-state index in [1.54, 1.807) is 18.3 Å². The summed E-state index contributed by atoms with van der Waals surface area (Å²) in [6, 6.07) is 18.4. The number of imidazole rings is 1. The fraction of sp³-hybridized carbons (Fsp3) is 0.0455. The van der Waals surface area contributed by atoms with E-state index in [9.17, 15) is 4.79 Å². The van der Waals surface area contributed by atoms with Crippen molar-refractivity contribution >= 4 is 5.91 Å². The first-order valence-electron chi connectivity index (χ1n) is 9.01. The van der Waals surface area contributed by atoms with Gasteiger partial charge in [0.25, 0.3) is 0 Å². The van der Waals surface area contributed by atoms with Gasteiger partial charge in [-0.15, -0.1) is 0 Å². The maximum absolute atomic E-state index is 11.9. The SMILES string of the molecule is NC(=O)c1ccccc1-c1nc(-c2ccc3c(c2)OCO3)c(-c2ccccn2)[nH]1. The summed E-state index contributed by atoms with van der Waals surface area (Å²) < 4.78 is 10.9. The maximum Gasteiger partial charge on any atom is 0.249 e. The van der Waals surface area contributed by atoms with Crippen molar-refractivity contribution in [1.82, 2.24) is 15.0 Å². The predicted octanol–water partition coefficient (Wildman–Crippen LogP) is 3.63. The third-order valence-corrected chi connectivity index (χ3v) is 4.72. The molecule has 29 heavy (non-hydrogen) atoms. The number of pyridine rings is 1. The molecule has 2 aromatic carbocycles. The molecule has 0 aliphatic carbocycles. The van der Waals surface area contributed by atoms with Crippen molar-refractivity contribution in [1.29, 1.82) is 0 Å². The van der Waals surface area contributed by atoms with Gasteiger partial charge in [0, 0.05) is 17.3 Å². The summed E-state index contributed by atoms with van der Waals surface area (Å²) in [5, 5.41) is 0. The van der Waals surface area contributed by atoms with Gasteiger partial charge in [-0.05, 0) is 36.4 Å². The van der Waals surface area contributed by atoms with Crippen LogP contribution in [0.3, 0.4) is 0 Å². The quantitative estimate of drug-likeness (QED) is 0.559. The molecule has 0 fully saturated rings. The number of hydrogen-bond donors (Lipinski definition) is 2. The highest BCUT2D eigenvalue weighted by Crippen LogP contribution is 2.39. The molecule has 0 radical (unpaired) electrons. The molecule has 1 aliphatic rings. The number of aromatic amines is 1. The minimum atomic E-state index is -0.513. The predicted molar refractivity (Wildman–Crippen MR) is 107 cm³/mol. The zero-order chi connectivity index (χ0) is 19.8.